The van der Waals surface area contributed by atoms with Crippen LogP contribution in [0.4, 0.5) is 30.6 Å². The number of piperidine rings is 2. The maximum absolute atomic E-state index is 15.8. The second-order valence-corrected chi connectivity index (χ2v) is 16.4. The van der Waals surface area contributed by atoms with E-state index in [2.05, 4.69) is 45.3 Å². The fourth-order valence-electron chi connectivity index (χ4n) is 9.25. The Kier molecular flexibility index (Phi) is 10.5. The number of pyridine rings is 1. The van der Waals surface area contributed by atoms with Gasteiger partial charge in [0.1, 0.15) is 34.7 Å². The van der Waals surface area contributed by atoms with Gasteiger partial charge in [-0.2, -0.15) is 0 Å². The molecule has 17 heteroatoms. The molecule has 14 nitrogen and oxygen atoms in total. The molecule has 0 saturated carbocycles. The van der Waals surface area contributed by atoms with Crippen LogP contribution in [0.2, 0.25) is 0 Å². The number of hydrogen-bond donors (Lipinski definition) is 2. The molecule has 4 aliphatic heterocycles. The lowest BCUT2D eigenvalue weighted by molar-refractivity contribution is -0.136. The molecule has 0 spiro atoms. The molecule has 0 radical (unpaired) electrons. The van der Waals surface area contributed by atoms with Crippen molar-refractivity contribution in [3.8, 4) is 11.3 Å². The largest absolute Gasteiger partial charge is 0.368 e. The van der Waals surface area contributed by atoms with Crippen molar-refractivity contribution in [3.63, 3.8) is 0 Å². The number of fused-ring (bicyclic) bond motifs is 2. The number of likely N-dealkylation sites (tertiary alicyclic amines) is 1. The highest BCUT2D eigenvalue weighted by Gasteiger charge is 2.41. The zero-order chi connectivity index (χ0) is 41.8. The quantitative estimate of drug-likeness (QED) is 0.182. The first-order chi connectivity index (χ1) is 28.9. The average molecular weight is 822 g/mol. The standard InChI is InChI=1S/C43H46F3N11O3/c1-24(2)57-25(3)49-40-32(44)18-27(19-35(40)57)39-33(45)21-48-43(52-39)50-36-8-5-29(20-47-36)55-16-14-54(15-17-55)28-10-12-53(13-11-28)22-26-4-6-30-31(38(26)46)23-56(42(30)60)34-7-9-37(58)51-41(34)59/h4-6,8,18-21,24,28,34H,7,9-17,22-23H2,1-3H3,(H,51,58,59)(H,47,48,50,52). The van der Waals surface area contributed by atoms with Gasteiger partial charge in [0, 0.05) is 73.5 Å². The number of aryl methyl sites for hydroxylation is 1. The molecular formula is C43H46F3N11O3. The van der Waals surface area contributed by atoms with Gasteiger partial charge in [-0.1, -0.05) is 6.07 Å². The highest BCUT2D eigenvalue weighted by Crippen LogP contribution is 2.33. The minimum absolute atomic E-state index is 0.0201. The van der Waals surface area contributed by atoms with Crippen molar-refractivity contribution in [2.75, 3.05) is 49.5 Å². The van der Waals surface area contributed by atoms with E-state index in [9.17, 15) is 14.4 Å². The van der Waals surface area contributed by atoms with Crippen LogP contribution < -0.4 is 15.5 Å². The summed E-state index contributed by atoms with van der Waals surface area (Å²) < 4.78 is 48.0. The average Bonchev–Trinajstić information content (AvgIpc) is 3.76. The lowest BCUT2D eigenvalue weighted by Crippen LogP contribution is -2.53. The van der Waals surface area contributed by atoms with Gasteiger partial charge in [0.05, 0.1) is 30.1 Å². The summed E-state index contributed by atoms with van der Waals surface area (Å²) in [6, 6.07) is 9.80. The zero-order valence-electron chi connectivity index (χ0n) is 33.7. The molecule has 60 heavy (non-hydrogen) atoms. The first-order valence-electron chi connectivity index (χ1n) is 20.5. The van der Waals surface area contributed by atoms with E-state index < -0.39 is 29.4 Å². The molecule has 3 amide bonds. The number of anilines is 3. The smallest absolute Gasteiger partial charge is 0.255 e. The van der Waals surface area contributed by atoms with Crippen molar-refractivity contribution in [2.45, 2.75) is 77.7 Å². The third-order valence-electron chi connectivity index (χ3n) is 12.3. The van der Waals surface area contributed by atoms with E-state index in [4.69, 9.17) is 0 Å². The van der Waals surface area contributed by atoms with Crippen LogP contribution in [0.15, 0.2) is 48.8 Å². The molecule has 1 unspecified atom stereocenters. The summed E-state index contributed by atoms with van der Waals surface area (Å²) in [5, 5.41) is 5.35. The van der Waals surface area contributed by atoms with Crippen molar-refractivity contribution >= 4 is 46.2 Å². The summed E-state index contributed by atoms with van der Waals surface area (Å²) in [5.74, 6) is -1.57. The van der Waals surface area contributed by atoms with Crippen LogP contribution in [0, 0.1) is 24.4 Å². The number of imidazole rings is 1. The van der Waals surface area contributed by atoms with Crippen molar-refractivity contribution in [1.82, 2.24) is 44.5 Å². The predicted octanol–water partition coefficient (Wildman–Crippen LogP) is 5.49. The molecule has 312 valence electrons. The lowest BCUT2D eigenvalue weighted by atomic mass is 10.00. The van der Waals surface area contributed by atoms with Gasteiger partial charge < -0.3 is 19.7 Å². The first kappa shape index (κ1) is 39.5. The first-order valence-corrected chi connectivity index (χ1v) is 20.5. The summed E-state index contributed by atoms with van der Waals surface area (Å²) in [6.07, 6.45) is 5.18. The van der Waals surface area contributed by atoms with Gasteiger partial charge in [0.2, 0.25) is 17.8 Å². The molecule has 3 aromatic heterocycles. The molecule has 7 heterocycles. The molecule has 9 rings (SSSR count). The lowest BCUT2D eigenvalue weighted by Gasteiger charge is -2.43. The molecule has 5 aromatic rings. The van der Waals surface area contributed by atoms with E-state index >= 15 is 13.2 Å². The number of nitrogens with one attached hydrogen (secondary N) is 2. The van der Waals surface area contributed by atoms with Crippen LogP contribution in [-0.4, -0.2) is 108 Å². The molecular weight excluding hydrogens is 776 g/mol. The van der Waals surface area contributed by atoms with Crippen LogP contribution >= 0.6 is 0 Å². The third kappa shape index (κ3) is 7.44. The number of hydrogen-bond acceptors (Lipinski definition) is 11. The van der Waals surface area contributed by atoms with E-state index in [1.807, 2.05) is 37.5 Å². The van der Waals surface area contributed by atoms with Gasteiger partial charge in [-0.3, -0.25) is 29.5 Å². The number of imide groups is 1. The normalized spacial score (nSPS) is 19.4. The van der Waals surface area contributed by atoms with Crippen LogP contribution in [0.5, 0.6) is 0 Å². The van der Waals surface area contributed by atoms with Crippen molar-refractivity contribution < 1.29 is 27.6 Å². The third-order valence-corrected chi connectivity index (χ3v) is 12.3. The molecule has 0 aliphatic carbocycles. The van der Waals surface area contributed by atoms with Crippen molar-refractivity contribution in [1.29, 1.82) is 0 Å². The van der Waals surface area contributed by atoms with Gasteiger partial charge in [0.15, 0.2) is 11.6 Å². The highest BCUT2D eigenvalue weighted by atomic mass is 19.1. The van der Waals surface area contributed by atoms with E-state index in [0.717, 1.165) is 64.0 Å². The second kappa shape index (κ2) is 15.9. The number of aromatic nitrogens is 5. The van der Waals surface area contributed by atoms with E-state index in [0.29, 0.717) is 40.9 Å². The number of benzene rings is 2. The van der Waals surface area contributed by atoms with Crippen LogP contribution in [0.1, 0.15) is 72.9 Å². The van der Waals surface area contributed by atoms with Gasteiger partial charge in [-0.25, -0.2) is 33.1 Å². The monoisotopic (exact) mass is 821 g/mol. The highest BCUT2D eigenvalue weighted by molar-refractivity contribution is 6.05. The summed E-state index contributed by atoms with van der Waals surface area (Å²) in [6.45, 7) is 11.4. The molecule has 4 aliphatic rings. The Labute approximate surface area is 344 Å². The Morgan fingerprint density at radius 1 is 0.883 bits per heavy atom. The van der Waals surface area contributed by atoms with Crippen molar-refractivity contribution in [3.05, 3.63) is 88.8 Å². The number of carbonyl (C=O) groups is 3. The Bertz CT molecular complexity index is 2500. The Hall–Kier alpha value is -5.94. The number of piperazine rings is 1. The maximum atomic E-state index is 15.8. The van der Waals surface area contributed by atoms with Gasteiger partial charge in [-0.15, -0.1) is 0 Å². The summed E-state index contributed by atoms with van der Waals surface area (Å²) in [4.78, 5) is 63.1. The minimum Gasteiger partial charge on any atom is -0.368 e. The van der Waals surface area contributed by atoms with Crippen LogP contribution in [0.3, 0.4) is 0 Å². The van der Waals surface area contributed by atoms with Crippen molar-refractivity contribution in [2.24, 2.45) is 0 Å². The summed E-state index contributed by atoms with van der Waals surface area (Å²) in [5.41, 5.74) is 3.18. The second-order valence-electron chi connectivity index (χ2n) is 16.4. The Balaban J connectivity index is 0.769. The Morgan fingerprint density at radius 2 is 1.67 bits per heavy atom. The zero-order valence-corrected chi connectivity index (χ0v) is 33.7. The molecule has 3 fully saturated rings. The van der Waals surface area contributed by atoms with Gasteiger partial charge >= 0.3 is 0 Å². The van der Waals surface area contributed by atoms with Gasteiger partial charge in [-0.05, 0) is 83.5 Å². The molecule has 3 saturated heterocycles. The topological polar surface area (TPSA) is 145 Å². The van der Waals surface area contributed by atoms with Gasteiger partial charge in [0.25, 0.3) is 5.91 Å². The molecule has 0 bridgehead atoms. The predicted molar refractivity (Wildman–Crippen MR) is 218 cm³/mol. The summed E-state index contributed by atoms with van der Waals surface area (Å²) in [7, 11) is 0. The minimum atomic E-state index is -0.777. The van der Waals surface area contributed by atoms with E-state index in [-0.39, 0.29) is 65.5 Å². The number of nitrogens with zero attached hydrogens (tertiary/aromatic N) is 9. The van der Waals surface area contributed by atoms with E-state index in [1.54, 1.807) is 24.4 Å². The van der Waals surface area contributed by atoms with Crippen LogP contribution in [-0.2, 0) is 22.7 Å². The molecule has 2 aromatic carbocycles. The molecule has 2 N–H and O–H groups in total. The fraction of sp³-hybridized carbons (Fsp3) is 0.419. The van der Waals surface area contributed by atoms with Crippen LogP contribution in [0.25, 0.3) is 22.3 Å². The number of carbonyl (C=O) groups excluding carboxylic acids is 3. The Morgan fingerprint density at radius 3 is 2.38 bits per heavy atom. The number of halogens is 3. The molecule has 1 atom stereocenters. The van der Waals surface area contributed by atoms with E-state index in [1.165, 1.54) is 11.0 Å². The fourth-order valence-corrected chi connectivity index (χ4v) is 9.25. The summed E-state index contributed by atoms with van der Waals surface area (Å²) >= 11 is 0. The maximum Gasteiger partial charge on any atom is 0.255 e. The number of rotatable bonds is 9. The SMILES string of the molecule is Cc1nc2c(F)cc(-c3nc(Nc4ccc(N5CCN(C6CCN(Cc7ccc8c(c7F)CN(C7CCC(=O)NC7=O)C8=O)CC6)CC5)cn4)ncc3F)cc2n1C(C)C. The number of amides is 3.